The summed E-state index contributed by atoms with van der Waals surface area (Å²) in [6, 6.07) is 16.9. The van der Waals surface area contributed by atoms with E-state index in [1.165, 1.54) is 11.0 Å². The average molecular weight is 390 g/mol. The lowest BCUT2D eigenvalue weighted by molar-refractivity contribution is 0.107. The van der Waals surface area contributed by atoms with Gasteiger partial charge in [-0.05, 0) is 23.8 Å². The quantitative estimate of drug-likeness (QED) is 0.493. The zero-order valence-electron chi connectivity index (χ0n) is 15.5. The van der Waals surface area contributed by atoms with Crippen LogP contribution in [0.3, 0.4) is 0 Å². The number of anilines is 2. The molecule has 0 spiro atoms. The number of halogens is 2. The summed E-state index contributed by atoms with van der Waals surface area (Å²) in [7, 11) is 1.60. The molecule has 3 aromatic rings. The van der Waals surface area contributed by atoms with Crippen LogP contribution in [0.4, 0.5) is 25.0 Å². The molecule has 144 valence electrons. The first kappa shape index (κ1) is 17.4. The fourth-order valence-electron chi connectivity index (χ4n) is 3.84. The third-order valence-corrected chi connectivity index (χ3v) is 5.29. The van der Waals surface area contributed by atoms with Crippen molar-refractivity contribution in [3.05, 3.63) is 89.6 Å². The molecule has 3 aromatic carbocycles. The molecule has 2 aliphatic rings. The van der Waals surface area contributed by atoms with Gasteiger partial charge in [-0.25, -0.2) is 13.6 Å². The van der Waals surface area contributed by atoms with Gasteiger partial charge in [0.15, 0.2) is 11.6 Å². The molecule has 0 saturated heterocycles. The fourth-order valence-corrected chi connectivity index (χ4v) is 3.84. The highest BCUT2D eigenvalue weighted by Crippen LogP contribution is 2.45. The van der Waals surface area contributed by atoms with E-state index < -0.39 is 24.0 Å². The number of ether oxygens (including phenoxy) is 1. The van der Waals surface area contributed by atoms with Gasteiger partial charge in [-0.3, -0.25) is 4.90 Å². The van der Waals surface area contributed by atoms with Crippen LogP contribution in [-0.4, -0.2) is 13.1 Å². The lowest BCUT2D eigenvalue weighted by Crippen LogP contribution is -2.35. The molecule has 0 aliphatic carbocycles. The van der Waals surface area contributed by atoms with Gasteiger partial charge in [0.25, 0.3) is 0 Å². The van der Waals surface area contributed by atoms with Crippen LogP contribution >= 0.6 is 0 Å². The van der Waals surface area contributed by atoms with E-state index in [1.54, 1.807) is 42.4 Å². The third-order valence-electron chi connectivity index (χ3n) is 5.29. The Labute approximate surface area is 166 Å². The number of benzene rings is 3. The molecule has 0 N–H and O–H groups in total. The molecule has 29 heavy (non-hydrogen) atoms. The first-order valence-corrected chi connectivity index (χ1v) is 9.13. The Morgan fingerprint density at radius 3 is 2.48 bits per heavy atom. The van der Waals surface area contributed by atoms with Crippen molar-refractivity contribution in [2.75, 3.05) is 16.8 Å². The average Bonchev–Trinajstić information content (AvgIpc) is 2.77. The molecule has 6 heteroatoms. The highest BCUT2D eigenvalue weighted by molar-refractivity contribution is 5.97. The number of fused-ring (bicyclic) bond motifs is 7. The van der Waals surface area contributed by atoms with Gasteiger partial charge < -0.3 is 9.64 Å². The number of carbonyl (C=O) groups excluding carboxylic acids is 1. The molecule has 1 atom stereocenters. The Morgan fingerprint density at radius 1 is 0.897 bits per heavy atom. The summed E-state index contributed by atoms with van der Waals surface area (Å²) in [5.41, 5.74) is 3.69. The first-order valence-electron chi connectivity index (χ1n) is 9.13. The second kappa shape index (κ2) is 6.44. The Morgan fingerprint density at radius 2 is 1.62 bits per heavy atom. The van der Waals surface area contributed by atoms with Gasteiger partial charge in [0, 0.05) is 36.0 Å². The first-order chi connectivity index (χ1) is 14.0. The molecule has 4 nitrogen and oxygen atoms in total. The summed E-state index contributed by atoms with van der Waals surface area (Å²) in [5, 5.41) is 0. The van der Waals surface area contributed by atoms with E-state index >= 15 is 0 Å². The number of amides is 1. The summed E-state index contributed by atoms with van der Waals surface area (Å²) >= 11 is 0. The second-order valence-corrected chi connectivity index (χ2v) is 6.95. The summed E-state index contributed by atoms with van der Waals surface area (Å²) in [6.45, 7) is 0. The topological polar surface area (TPSA) is 32.8 Å². The molecular formula is C23H16F2N2O2. The normalized spacial score (nSPS) is 17.2. The van der Waals surface area contributed by atoms with Crippen LogP contribution < -0.4 is 9.80 Å². The van der Waals surface area contributed by atoms with Crippen molar-refractivity contribution in [2.24, 2.45) is 0 Å². The molecular weight excluding hydrogens is 374 g/mol. The molecule has 0 radical (unpaired) electrons. The third kappa shape index (κ3) is 2.68. The number of hydrogen-bond acceptors (Lipinski definition) is 3. The summed E-state index contributed by atoms with van der Waals surface area (Å²) < 4.78 is 34.4. The number of nitrogens with zero attached hydrogens (tertiary/aromatic N) is 2. The van der Waals surface area contributed by atoms with Crippen molar-refractivity contribution >= 4 is 23.5 Å². The van der Waals surface area contributed by atoms with E-state index in [2.05, 4.69) is 0 Å². The lowest BCUT2D eigenvalue weighted by atomic mass is 9.97. The van der Waals surface area contributed by atoms with Gasteiger partial charge >= 0.3 is 6.09 Å². The maximum Gasteiger partial charge on any atom is 0.416 e. The van der Waals surface area contributed by atoms with Crippen molar-refractivity contribution < 1.29 is 18.3 Å². The van der Waals surface area contributed by atoms with E-state index in [0.29, 0.717) is 22.5 Å². The van der Waals surface area contributed by atoms with Gasteiger partial charge in [-0.1, -0.05) is 42.5 Å². The second-order valence-electron chi connectivity index (χ2n) is 6.95. The minimum Gasteiger partial charge on any atom is -0.420 e. The standard InChI is InChI=1S/C23H16F2N2O2/c1-26-20-9-5-4-8-16(20)17-12-18(24)19(25)13-21(17)27-11-10-14-6-2-3-7-15(14)22(27)29-23(26)28/h2-13,22H,1H3/t22-/m0/s1. The largest absolute Gasteiger partial charge is 0.420 e. The van der Waals surface area contributed by atoms with E-state index in [-0.39, 0.29) is 0 Å². The van der Waals surface area contributed by atoms with Crippen LogP contribution in [0.25, 0.3) is 17.2 Å². The minimum atomic E-state index is -0.967. The van der Waals surface area contributed by atoms with Crippen molar-refractivity contribution in [3.8, 4) is 11.1 Å². The van der Waals surface area contributed by atoms with Gasteiger partial charge in [-0.15, -0.1) is 0 Å². The molecule has 0 unspecified atom stereocenters. The highest BCUT2D eigenvalue weighted by Gasteiger charge is 2.34. The number of carbonyl (C=O) groups is 1. The Hall–Kier alpha value is -3.67. The van der Waals surface area contributed by atoms with Crippen LogP contribution in [0.5, 0.6) is 0 Å². The minimum absolute atomic E-state index is 0.412. The predicted molar refractivity (Wildman–Crippen MR) is 107 cm³/mol. The monoisotopic (exact) mass is 390 g/mol. The van der Waals surface area contributed by atoms with Crippen molar-refractivity contribution in [1.82, 2.24) is 0 Å². The maximum atomic E-state index is 14.3. The number of rotatable bonds is 0. The zero-order chi connectivity index (χ0) is 20.1. The van der Waals surface area contributed by atoms with Gasteiger partial charge in [0.1, 0.15) is 0 Å². The van der Waals surface area contributed by atoms with Crippen molar-refractivity contribution in [1.29, 1.82) is 0 Å². The Kier molecular flexibility index (Phi) is 3.87. The summed E-state index contributed by atoms with van der Waals surface area (Å²) in [4.78, 5) is 16.0. The van der Waals surface area contributed by atoms with Crippen LogP contribution in [0, 0.1) is 11.6 Å². The SMILES string of the molecule is CN1C(=O)O[C@H]2c3ccccc3C=CN2c2cc(F)c(F)cc2-c2ccccc21. The summed E-state index contributed by atoms with van der Waals surface area (Å²) in [6.07, 6.45) is 2.21. The molecule has 0 bridgehead atoms. The van der Waals surface area contributed by atoms with Crippen molar-refractivity contribution in [3.63, 3.8) is 0 Å². The van der Waals surface area contributed by atoms with Crippen LogP contribution in [-0.2, 0) is 4.74 Å². The Bertz CT molecular complexity index is 1180. The van der Waals surface area contributed by atoms with Crippen molar-refractivity contribution in [2.45, 2.75) is 6.23 Å². The predicted octanol–water partition coefficient (Wildman–Crippen LogP) is 5.71. The summed E-state index contributed by atoms with van der Waals surface area (Å²) in [5.74, 6) is -1.92. The van der Waals surface area contributed by atoms with Gasteiger partial charge in [-0.2, -0.15) is 0 Å². The van der Waals surface area contributed by atoms with Gasteiger partial charge in [0.2, 0.25) is 6.23 Å². The Balaban J connectivity index is 1.83. The van der Waals surface area contributed by atoms with Crippen LogP contribution in [0.1, 0.15) is 17.4 Å². The van der Waals surface area contributed by atoms with E-state index in [1.807, 2.05) is 30.3 Å². The molecule has 2 aliphatic heterocycles. The smallest absolute Gasteiger partial charge is 0.416 e. The fraction of sp³-hybridized carbons (Fsp3) is 0.0870. The van der Waals surface area contributed by atoms with Crippen LogP contribution in [0.2, 0.25) is 0 Å². The van der Waals surface area contributed by atoms with Crippen LogP contribution in [0.15, 0.2) is 66.9 Å². The molecule has 0 saturated carbocycles. The van der Waals surface area contributed by atoms with Gasteiger partial charge in [0.05, 0.1) is 11.4 Å². The lowest BCUT2D eigenvalue weighted by Gasteiger charge is -2.34. The molecule has 5 rings (SSSR count). The molecule has 1 amide bonds. The molecule has 0 aromatic heterocycles. The van der Waals surface area contributed by atoms with E-state index in [9.17, 15) is 13.6 Å². The molecule has 0 fully saturated rings. The zero-order valence-corrected chi connectivity index (χ0v) is 15.5. The maximum absolute atomic E-state index is 14.3. The number of para-hydroxylation sites is 1. The molecule has 2 heterocycles. The highest BCUT2D eigenvalue weighted by atomic mass is 19.2. The number of hydrogen-bond donors (Lipinski definition) is 0. The van der Waals surface area contributed by atoms with E-state index in [4.69, 9.17) is 4.74 Å². The van der Waals surface area contributed by atoms with E-state index in [0.717, 1.165) is 17.2 Å².